The van der Waals surface area contributed by atoms with Crippen molar-refractivity contribution in [3.8, 4) is 0 Å². The van der Waals surface area contributed by atoms with E-state index < -0.39 is 9.14 Å². The van der Waals surface area contributed by atoms with Gasteiger partial charge in [-0.15, -0.1) is 0 Å². The Hall–Kier alpha value is 1.54. The van der Waals surface area contributed by atoms with Gasteiger partial charge in [0.15, 0.2) is 0 Å². The van der Waals surface area contributed by atoms with Crippen molar-refractivity contribution >= 4 is 84.9 Å². The normalized spacial score (nSPS) is 15.7. The third-order valence-electron chi connectivity index (χ3n) is 1.23. The number of hydrogen-bond acceptors (Lipinski definition) is 1. The zero-order chi connectivity index (χ0) is 13.4. The summed E-state index contributed by atoms with van der Waals surface area (Å²) in [7, 11) is 25.0. The van der Waals surface area contributed by atoms with Crippen molar-refractivity contribution in [1.82, 2.24) is 0 Å². The van der Waals surface area contributed by atoms with Gasteiger partial charge in [-0.05, 0) is 0 Å². The standard InChI is InChI=1S/C7H4ClO2.6ClH.Sb/c8-7-9-5-3-1-2-4-6(5)10-7;;;;;;;/h1-4H;6*1H;/q+1;;;;;;;+5/p-6. The molecule has 0 atom stereocenters. The molecule has 1 aromatic carbocycles. The molecular formula is C7H4Cl7O2Sb. The molecule has 0 amide bonds. The summed E-state index contributed by atoms with van der Waals surface area (Å²) in [6, 6.07) is 7.31. The molecule has 2 rings (SSSR count). The van der Waals surface area contributed by atoms with Crippen molar-refractivity contribution in [2.24, 2.45) is 0 Å². The number of halogens is 7. The van der Waals surface area contributed by atoms with Crippen LogP contribution in [-0.4, -0.2) is 9.14 Å². The van der Waals surface area contributed by atoms with Gasteiger partial charge in [-0.3, -0.25) is 8.83 Å². The fourth-order valence-electron chi connectivity index (χ4n) is 0.813. The van der Waals surface area contributed by atoms with Crippen molar-refractivity contribution in [1.29, 1.82) is 0 Å². The van der Waals surface area contributed by atoms with E-state index in [-0.39, 0.29) is 5.42 Å². The number of benzene rings is 1. The molecule has 1 heterocycles. The van der Waals surface area contributed by atoms with Crippen molar-refractivity contribution in [3.63, 3.8) is 0 Å². The van der Waals surface area contributed by atoms with Crippen LogP contribution in [-0.2, 0) is 0 Å². The summed E-state index contributed by atoms with van der Waals surface area (Å²) in [6.07, 6.45) is 0. The first-order chi connectivity index (χ1) is 7.31. The molecule has 0 saturated heterocycles. The van der Waals surface area contributed by atoms with E-state index in [1.807, 2.05) is 12.1 Å². The Morgan fingerprint density at radius 2 is 1.41 bits per heavy atom. The summed E-state index contributed by atoms with van der Waals surface area (Å²) in [5.74, 6) is 0. The van der Waals surface area contributed by atoms with Crippen LogP contribution in [0.2, 0.25) is 5.42 Å². The third kappa shape index (κ3) is 10.0. The zero-order valence-corrected chi connectivity index (χ0v) is 15.6. The first-order valence-electron chi connectivity index (χ1n) is 3.85. The van der Waals surface area contributed by atoms with E-state index in [0.717, 1.165) is 0 Å². The van der Waals surface area contributed by atoms with Gasteiger partial charge in [-0.25, -0.2) is 0 Å². The van der Waals surface area contributed by atoms with Crippen molar-refractivity contribution in [3.05, 3.63) is 29.7 Å². The molecule has 0 unspecified atom stereocenters. The van der Waals surface area contributed by atoms with Gasteiger partial charge in [0.1, 0.15) is 0 Å². The van der Waals surface area contributed by atoms with Gasteiger partial charge in [-0.1, -0.05) is 12.1 Å². The molecule has 0 aliphatic rings. The van der Waals surface area contributed by atoms with Crippen molar-refractivity contribution in [2.75, 3.05) is 0 Å². The van der Waals surface area contributed by atoms with Crippen LogP contribution in [0, 0.1) is 0 Å². The Kier molecular flexibility index (Phi) is 4.71. The molecule has 0 saturated carbocycles. The molecular weight excluding hydrogens is 486 g/mol. The molecule has 0 fully saturated rings. The average Bonchev–Trinajstić information content (AvgIpc) is 2.37. The molecule has 2 nitrogen and oxygen atoms in total. The molecule has 1 aromatic heterocycles. The topological polar surface area (TPSA) is 24.4 Å². The quantitative estimate of drug-likeness (QED) is 0.303. The summed E-state index contributed by atoms with van der Waals surface area (Å²) in [5.41, 5.74) is 1.42. The first kappa shape index (κ1) is 16.6. The third-order valence-corrected chi connectivity index (χ3v) is 1.38. The van der Waals surface area contributed by atoms with Crippen LogP contribution in [0.15, 0.2) is 33.1 Å². The summed E-state index contributed by atoms with van der Waals surface area (Å²) in [6.45, 7) is 0. The summed E-state index contributed by atoms with van der Waals surface area (Å²) in [5, 5.41) is 0. The van der Waals surface area contributed by atoms with Gasteiger partial charge in [0.25, 0.3) is 0 Å². The van der Waals surface area contributed by atoms with E-state index in [1.165, 1.54) is 0 Å². The van der Waals surface area contributed by atoms with Gasteiger partial charge in [-0.2, -0.15) is 0 Å². The molecule has 0 aliphatic carbocycles. The summed E-state index contributed by atoms with van der Waals surface area (Å²) in [4.78, 5) is 0. The van der Waals surface area contributed by atoms with Gasteiger partial charge in [0, 0.05) is 12.1 Å². The Balaban J connectivity index is 0.000000185. The monoisotopic (exact) mass is 486 g/mol. The van der Waals surface area contributed by atoms with E-state index in [9.17, 15) is 0 Å². The van der Waals surface area contributed by atoms with Crippen LogP contribution in [0.4, 0.5) is 0 Å². The van der Waals surface area contributed by atoms with Gasteiger partial charge < -0.3 is 0 Å². The molecule has 98 valence electrons. The van der Waals surface area contributed by atoms with Crippen molar-refractivity contribution < 1.29 is 8.83 Å². The maximum absolute atomic E-state index is 5.45. The Bertz CT molecular complexity index is 484. The first-order valence-corrected chi connectivity index (χ1v) is 23.6. The van der Waals surface area contributed by atoms with Gasteiger partial charge in [0.2, 0.25) is 0 Å². The van der Waals surface area contributed by atoms with E-state index in [1.54, 1.807) is 12.1 Å². The number of hydrogen-bond donors (Lipinski definition) is 0. The fourth-order valence-corrected chi connectivity index (χ4v) is 0.979. The van der Waals surface area contributed by atoms with E-state index in [2.05, 4.69) is 0 Å². The molecule has 0 spiro atoms. The second kappa shape index (κ2) is 4.82. The molecule has 0 aliphatic heterocycles. The second-order valence-corrected chi connectivity index (χ2v) is 60.1. The van der Waals surface area contributed by atoms with Crippen molar-refractivity contribution in [2.45, 2.75) is 0 Å². The fraction of sp³-hybridized carbons (Fsp3) is 0. The maximum atomic E-state index is 5.45. The summed E-state index contributed by atoms with van der Waals surface area (Å²) >= 11 is 5.45. The second-order valence-electron chi connectivity index (χ2n) is 2.85. The SMILES string of the molecule is Clc1oc2ccccc2[o+]1.[Cl][Sb-]([Cl])([Cl])([Cl])([Cl])[Cl]. The number of fused-ring (bicyclic) bond motifs is 1. The van der Waals surface area contributed by atoms with Crippen LogP contribution in [0.3, 0.4) is 0 Å². The predicted molar refractivity (Wildman–Crippen MR) is 78.8 cm³/mol. The molecule has 2 aromatic rings. The molecule has 0 radical (unpaired) electrons. The van der Waals surface area contributed by atoms with E-state index >= 15 is 0 Å². The van der Waals surface area contributed by atoms with E-state index in [0.29, 0.717) is 11.2 Å². The number of para-hydroxylation sites is 2. The Labute approximate surface area is 122 Å². The number of rotatable bonds is 0. The van der Waals surface area contributed by atoms with Gasteiger partial charge in [0.05, 0.1) is 11.6 Å². The Morgan fingerprint density at radius 1 is 0.941 bits per heavy atom. The average molecular weight is 490 g/mol. The van der Waals surface area contributed by atoms with Crippen LogP contribution in [0.5, 0.6) is 0 Å². The van der Waals surface area contributed by atoms with Gasteiger partial charge >= 0.3 is 78.7 Å². The minimum atomic E-state index is -5.42. The molecule has 0 N–H and O–H groups in total. The molecule has 0 bridgehead atoms. The predicted octanol–water partition coefficient (Wildman–Crippen LogP) is 6.72. The molecule has 10 heteroatoms. The zero-order valence-electron chi connectivity index (χ0n) is 7.72. The van der Waals surface area contributed by atoms with Crippen LogP contribution in [0.25, 0.3) is 11.2 Å². The van der Waals surface area contributed by atoms with E-state index in [4.69, 9.17) is 73.4 Å². The van der Waals surface area contributed by atoms with Crippen LogP contribution < -0.4 is 0 Å². The Morgan fingerprint density at radius 3 is 1.88 bits per heavy atom. The molecule has 17 heavy (non-hydrogen) atoms. The van der Waals surface area contributed by atoms with Crippen LogP contribution >= 0.6 is 64.6 Å². The summed E-state index contributed by atoms with van der Waals surface area (Å²) < 4.78 is 9.93. The van der Waals surface area contributed by atoms with Crippen LogP contribution in [0.1, 0.15) is 0 Å². The minimum absolute atomic E-state index is 0.0706.